The topological polar surface area (TPSA) is 52.0 Å². The number of unbranched alkanes of at least 4 members (excludes halogenated alkanes) is 30. The maximum Gasteiger partial charge on any atom is 0.0316 e. The molecule has 0 spiro atoms. The van der Waals surface area contributed by atoms with Crippen molar-refractivity contribution in [1.82, 2.24) is 0 Å². The lowest BCUT2D eigenvalue weighted by atomic mass is 9.84. The molecule has 0 radical (unpaired) electrons. The SMILES string of the molecule is CCCCCCCCCCCC(c1ccc(CCCCCCCCCCCCCCCCCc2ccc(C(CCCCCCCCCCC)c3ccc(N)cc3C)cc2)cc1)c1ccc(N)cc1C. The van der Waals surface area contributed by atoms with E-state index in [1.807, 2.05) is 0 Å². The highest BCUT2D eigenvalue weighted by Gasteiger charge is 2.18. The number of anilines is 2. The molecule has 0 saturated carbocycles. The summed E-state index contributed by atoms with van der Waals surface area (Å²) in [7, 11) is 0. The second-order valence-corrected chi connectivity index (χ2v) is 21.9. The molecule has 4 aromatic rings. The molecule has 0 aliphatic carbocycles. The van der Waals surface area contributed by atoms with E-state index in [1.165, 1.54) is 282 Å². The van der Waals surface area contributed by atoms with Crippen LogP contribution in [0.25, 0.3) is 0 Å². The van der Waals surface area contributed by atoms with Crippen LogP contribution in [0.5, 0.6) is 0 Å². The van der Waals surface area contributed by atoms with Gasteiger partial charge in [0.1, 0.15) is 0 Å². The van der Waals surface area contributed by atoms with E-state index in [1.54, 1.807) is 0 Å². The molecule has 4 rings (SSSR count). The van der Waals surface area contributed by atoms with Gasteiger partial charge in [0.25, 0.3) is 0 Å². The number of aryl methyl sites for hydroxylation is 4. The lowest BCUT2D eigenvalue weighted by Gasteiger charge is -2.21. The number of nitrogen functional groups attached to an aromatic ring is 2. The molecule has 4 N–H and O–H groups in total. The van der Waals surface area contributed by atoms with Crippen LogP contribution in [0.3, 0.4) is 0 Å². The third-order valence-electron chi connectivity index (χ3n) is 15.7. The monoisotopic (exact) mass is 939 g/mol. The van der Waals surface area contributed by atoms with Gasteiger partial charge in [0, 0.05) is 23.2 Å². The van der Waals surface area contributed by atoms with Gasteiger partial charge < -0.3 is 11.5 Å². The molecule has 2 unspecified atom stereocenters. The van der Waals surface area contributed by atoms with Crippen molar-refractivity contribution < 1.29 is 0 Å². The Morgan fingerprint density at radius 3 is 0.841 bits per heavy atom. The Kier molecular flexibility index (Phi) is 31.4. The molecule has 0 aromatic heterocycles. The average Bonchev–Trinajstić information content (AvgIpc) is 3.35. The van der Waals surface area contributed by atoms with E-state index >= 15 is 0 Å². The van der Waals surface area contributed by atoms with Crippen molar-refractivity contribution in [3.63, 3.8) is 0 Å². The van der Waals surface area contributed by atoms with E-state index in [2.05, 4.69) is 113 Å². The molecule has 4 aromatic carbocycles. The van der Waals surface area contributed by atoms with Gasteiger partial charge in [-0.1, -0.05) is 274 Å². The molecule has 0 aliphatic heterocycles. The average molecular weight is 940 g/mol. The van der Waals surface area contributed by atoms with Crippen LogP contribution in [0, 0.1) is 13.8 Å². The maximum absolute atomic E-state index is 6.16. The third-order valence-corrected chi connectivity index (χ3v) is 15.7. The molecule has 0 fully saturated rings. The predicted molar refractivity (Wildman–Crippen MR) is 308 cm³/mol. The Morgan fingerprint density at radius 2 is 0.565 bits per heavy atom. The van der Waals surface area contributed by atoms with E-state index in [4.69, 9.17) is 11.5 Å². The smallest absolute Gasteiger partial charge is 0.0316 e. The molecule has 2 atom stereocenters. The van der Waals surface area contributed by atoms with Crippen molar-refractivity contribution in [2.45, 2.75) is 277 Å². The zero-order chi connectivity index (χ0) is 49.0. The van der Waals surface area contributed by atoms with Crippen LogP contribution in [-0.2, 0) is 12.8 Å². The fourth-order valence-electron chi connectivity index (χ4n) is 11.3. The van der Waals surface area contributed by atoms with Crippen LogP contribution in [-0.4, -0.2) is 0 Å². The molecule has 384 valence electrons. The van der Waals surface area contributed by atoms with E-state index in [0.29, 0.717) is 11.8 Å². The van der Waals surface area contributed by atoms with Gasteiger partial charge in [0.05, 0.1) is 0 Å². The molecular weight excluding hydrogens is 833 g/mol. The Hall–Kier alpha value is -3.52. The summed E-state index contributed by atoms with van der Waals surface area (Å²) in [6.07, 6.45) is 50.7. The fraction of sp³-hybridized carbons (Fsp3) is 0.642. The number of rotatable bonds is 42. The molecule has 2 nitrogen and oxygen atoms in total. The van der Waals surface area contributed by atoms with Gasteiger partial charge in [0.2, 0.25) is 0 Å². The summed E-state index contributed by atoms with van der Waals surface area (Å²) in [6, 6.07) is 32.5. The summed E-state index contributed by atoms with van der Waals surface area (Å²) in [6.45, 7) is 9.09. The molecule has 0 aliphatic rings. The van der Waals surface area contributed by atoms with Crippen LogP contribution in [0.2, 0.25) is 0 Å². The van der Waals surface area contributed by atoms with Crippen molar-refractivity contribution >= 4 is 11.4 Å². The fourth-order valence-corrected chi connectivity index (χ4v) is 11.3. The Labute approximate surface area is 427 Å². The normalized spacial score (nSPS) is 12.5. The van der Waals surface area contributed by atoms with Crippen molar-refractivity contribution in [1.29, 1.82) is 0 Å². The lowest BCUT2D eigenvalue weighted by Crippen LogP contribution is -2.05. The molecule has 69 heavy (non-hydrogen) atoms. The third kappa shape index (κ3) is 24.9. The van der Waals surface area contributed by atoms with Gasteiger partial charge >= 0.3 is 0 Å². The van der Waals surface area contributed by atoms with E-state index in [0.717, 1.165) is 11.4 Å². The van der Waals surface area contributed by atoms with Crippen LogP contribution in [0.15, 0.2) is 84.9 Å². The number of benzene rings is 4. The highest BCUT2D eigenvalue weighted by molar-refractivity contribution is 5.49. The first kappa shape index (κ1) is 58.1. The maximum atomic E-state index is 6.16. The zero-order valence-corrected chi connectivity index (χ0v) is 45.6. The lowest BCUT2D eigenvalue weighted by molar-refractivity contribution is 0.530. The zero-order valence-electron chi connectivity index (χ0n) is 45.6. The van der Waals surface area contributed by atoms with Gasteiger partial charge in [0.15, 0.2) is 0 Å². The first-order valence-corrected chi connectivity index (χ1v) is 29.8. The molecule has 0 saturated heterocycles. The summed E-state index contributed by atoms with van der Waals surface area (Å²) in [5, 5.41) is 0. The summed E-state index contributed by atoms with van der Waals surface area (Å²) in [5.74, 6) is 0.927. The first-order chi connectivity index (χ1) is 33.9. The Morgan fingerprint density at radius 1 is 0.304 bits per heavy atom. The minimum absolute atomic E-state index is 0.463. The first-order valence-electron chi connectivity index (χ1n) is 29.8. The quantitative estimate of drug-likeness (QED) is 0.0344. The molecule has 0 amide bonds. The van der Waals surface area contributed by atoms with Crippen LogP contribution in [0.1, 0.15) is 295 Å². The van der Waals surface area contributed by atoms with Crippen LogP contribution in [0.4, 0.5) is 11.4 Å². The Balaban J connectivity index is 0.995. The molecule has 0 bridgehead atoms. The molecule has 0 heterocycles. The van der Waals surface area contributed by atoms with E-state index in [9.17, 15) is 0 Å². The van der Waals surface area contributed by atoms with E-state index in [-0.39, 0.29) is 0 Å². The van der Waals surface area contributed by atoms with Crippen molar-refractivity contribution in [2.75, 3.05) is 11.5 Å². The molecular formula is C67H106N2. The van der Waals surface area contributed by atoms with Gasteiger partial charge in [-0.05, 0) is 121 Å². The Bertz CT molecular complexity index is 1700. The summed E-state index contributed by atoms with van der Waals surface area (Å²) in [5.41, 5.74) is 25.6. The van der Waals surface area contributed by atoms with Crippen molar-refractivity contribution in [3.8, 4) is 0 Å². The van der Waals surface area contributed by atoms with E-state index < -0.39 is 0 Å². The summed E-state index contributed by atoms with van der Waals surface area (Å²) < 4.78 is 0. The summed E-state index contributed by atoms with van der Waals surface area (Å²) in [4.78, 5) is 0. The van der Waals surface area contributed by atoms with Crippen molar-refractivity contribution in [2.24, 2.45) is 0 Å². The van der Waals surface area contributed by atoms with Gasteiger partial charge in [-0.3, -0.25) is 0 Å². The predicted octanol–water partition coefficient (Wildman–Crippen LogP) is 21.2. The molecule has 2 heteroatoms. The second-order valence-electron chi connectivity index (χ2n) is 21.9. The minimum atomic E-state index is 0.463. The van der Waals surface area contributed by atoms with Gasteiger partial charge in [-0.2, -0.15) is 0 Å². The minimum Gasteiger partial charge on any atom is -0.399 e. The number of hydrogen-bond donors (Lipinski definition) is 2. The summed E-state index contributed by atoms with van der Waals surface area (Å²) >= 11 is 0. The van der Waals surface area contributed by atoms with Crippen LogP contribution < -0.4 is 11.5 Å². The number of nitrogens with two attached hydrogens (primary N) is 2. The highest BCUT2D eigenvalue weighted by Crippen LogP contribution is 2.35. The number of hydrogen-bond acceptors (Lipinski definition) is 2. The highest BCUT2D eigenvalue weighted by atomic mass is 14.5. The largest absolute Gasteiger partial charge is 0.399 e. The van der Waals surface area contributed by atoms with Gasteiger partial charge in [-0.15, -0.1) is 0 Å². The van der Waals surface area contributed by atoms with Crippen LogP contribution >= 0.6 is 0 Å². The van der Waals surface area contributed by atoms with Gasteiger partial charge in [-0.25, -0.2) is 0 Å². The van der Waals surface area contributed by atoms with Crippen molar-refractivity contribution in [3.05, 3.63) is 129 Å². The second kappa shape index (κ2) is 37.3. The standard InChI is InChI=1S/C67H106N2/c1-5-7-9-11-13-22-28-32-36-40-66(64-52-50-62(68)54-56(64)3)60-46-42-58(43-47-60)38-34-30-26-24-20-18-16-15-17-19-21-25-27-31-35-39-59-44-48-61(49-45-59)67(65-53-51-63(69)55-57(65)4)41-37-33-29-23-14-12-10-8-6-2/h42-55,66-67H,5-41,68-69H2,1-4H3.